The summed E-state index contributed by atoms with van der Waals surface area (Å²) in [4.78, 5) is 0. The predicted octanol–water partition coefficient (Wildman–Crippen LogP) is 3.48. The van der Waals surface area contributed by atoms with Crippen molar-refractivity contribution in [1.82, 2.24) is 0 Å². The summed E-state index contributed by atoms with van der Waals surface area (Å²) in [5, 5.41) is 20.4. The molecule has 1 aromatic rings. The van der Waals surface area contributed by atoms with Crippen LogP contribution in [0.15, 0.2) is 12.1 Å². The summed E-state index contributed by atoms with van der Waals surface area (Å²) in [7, 11) is 0. The number of phenolic OH excluding ortho intramolecular Hbond substituents is 1. The van der Waals surface area contributed by atoms with E-state index in [-0.39, 0.29) is 11.2 Å². The third kappa shape index (κ3) is 3.01. The fourth-order valence-corrected chi connectivity index (χ4v) is 1.94. The van der Waals surface area contributed by atoms with Crippen molar-refractivity contribution in [2.75, 3.05) is 0 Å². The molecule has 0 fully saturated rings. The lowest BCUT2D eigenvalue weighted by Crippen LogP contribution is -2.20. The van der Waals surface area contributed by atoms with Crippen molar-refractivity contribution in [3.05, 3.63) is 28.8 Å². The second kappa shape index (κ2) is 4.34. The Hall–Kier alpha value is -1.02. The Morgan fingerprint density at radius 3 is 1.82 bits per heavy atom. The third-order valence-electron chi connectivity index (χ3n) is 3.05. The van der Waals surface area contributed by atoms with E-state index in [0.29, 0.717) is 5.56 Å². The highest BCUT2D eigenvalue weighted by molar-refractivity contribution is 5.49. The molecule has 0 saturated carbocycles. The largest absolute Gasteiger partial charge is 0.507 e. The highest BCUT2D eigenvalue weighted by Crippen LogP contribution is 2.38. The Bertz CT molecular complexity index is 371. The summed E-state index contributed by atoms with van der Waals surface area (Å²) in [6.45, 7) is 11.7. The molecule has 0 aromatic heterocycles. The standard InChI is InChI=1S/C15H24O2/c1-7-10-8-11(14(2,3)4)13(16)12(9-10)15(5,6)17/h8-9,16-17H,7H2,1-6H3. The fourth-order valence-electron chi connectivity index (χ4n) is 1.94. The first-order valence-electron chi connectivity index (χ1n) is 6.16. The van der Waals surface area contributed by atoms with Crippen molar-refractivity contribution >= 4 is 0 Å². The maximum Gasteiger partial charge on any atom is 0.125 e. The van der Waals surface area contributed by atoms with Gasteiger partial charge >= 0.3 is 0 Å². The summed E-state index contributed by atoms with van der Waals surface area (Å²) >= 11 is 0. The van der Waals surface area contributed by atoms with E-state index in [9.17, 15) is 10.2 Å². The molecule has 0 bridgehead atoms. The molecule has 0 saturated heterocycles. The number of aliphatic hydroxyl groups is 1. The molecule has 0 aliphatic rings. The van der Waals surface area contributed by atoms with Crippen LogP contribution in [0.25, 0.3) is 0 Å². The van der Waals surface area contributed by atoms with E-state index in [1.54, 1.807) is 13.8 Å². The van der Waals surface area contributed by atoms with Gasteiger partial charge in [-0.1, -0.05) is 33.8 Å². The van der Waals surface area contributed by atoms with E-state index in [1.165, 1.54) is 0 Å². The zero-order valence-corrected chi connectivity index (χ0v) is 11.8. The SMILES string of the molecule is CCc1cc(C(C)(C)C)c(O)c(C(C)(C)O)c1. The summed E-state index contributed by atoms with van der Waals surface area (Å²) < 4.78 is 0. The molecule has 0 spiro atoms. The van der Waals surface area contributed by atoms with Crippen molar-refractivity contribution in [3.63, 3.8) is 0 Å². The number of rotatable bonds is 2. The van der Waals surface area contributed by atoms with Crippen LogP contribution in [0.5, 0.6) is 5.75 Å². The minimum atomic E-state index is -1.02. The van der Waals surface area contributed by atoms with Crippen LogP contribution in [0, 0.1) is 0 Å². The number of benzene rings is 1. The lowest BCUT2D eigenvalue weighted by atomic mass is 9.81. The second-order valence-electron chi connectivity index (χ2n) is 6.20. The molecular formula is C15H24O2. The molecule has 17 heavy (non-hydrogen) atoms. The Morgan fingerprint density at radius 1 is 1.00 bits per heavy atom. The topological polar surface area (TPSA) is 40.5 Å². The van der Waals surface area contributed by atoms with Crippen LogP contribution in [0.2, 0.25) is 0 Å². The van der Waals surface area contributed by atoms with Gasteiger partial charge < -0.3 is 10.2 Å². The third-order valence-corrected chi connectivity index (χ3v) is 3.05. The molecule has 2 heteroatoms. The van der Waals surface area contributed by atoms with Gasteiger partial charge in [-0.05, 0) is 42.9 Å². The zero-order chi connectivity index (χ0) is 13.4. The first kappa shape index (κ1) is 14.0. The first-order valence-corrected chi connectivity index (χ1v) is 6.16. The molecule has 2 nitrogen and oxygen atoms in total. The van der Waals surface area contributed by atoms with Crippen molar-refractivity contribution in [2.45, 2.75) is 59.0 Å². The lowest BCUT2D eigenvalue weighted by molar-refractivity contribution is 0.0754. The molecule has 0 amide bonds. The smallest absolute Gasteiger partial charge is 0.125 e. The van der Waals surface area contributed by atoms with E-state index in [4.69, 9.17) is 0 Å². The highest BCUT2D eigenvalue weighted by Gasteiger charge is 2.27. The van der Waals surface area contributed by atoms with Gasteiger partial charge in [-0.15, -0.1) is 0 Å². The van der Waals surface area contributed by atoms with E-state index >= 15 is 0 Å². The maximum atomic E-state index is 10.3. The van der Waals surface area contributed by atoms with Crippen LogP contribution in [-0.4, -0.2) is 10.2 Å². The lowest BCUT2D eigenvalue weighted by Gasteiger charge is -2.27. The van der Waals surface area contributed by atoms with E-state index in [2.05, 4.69) is 27.7 Å². The molecule has 96 valence electrons. The molecule has 0 unspecified atom stereocenters. The van der Waals surface area contributed by atoms with Gasteiger partial charge in [-0.25, -0.2) is 0 Å². The Kier molecular flexibility index (Phi) is 3.58. The van der Waals surface area contributed by atoms with E-state index in [1.807, 2.05) is 12.1 Å². The molecule has 0 atom stereocenters. The quantitative estimate of drug-likeness (QED) is 0.825. The summed E-state index contributed by atoms with van der Waals surface area (Å²) in [6, 6.07) is 3.93. The number of aromatic hydroxyl groups is 1. The van der Waals surface area contributed by atoms with Crippen molar-refractivity contribution in [1.29, 1.82) is 0 Å². The zero-order valence-electron chi connectivity index (χ0n) is 11.8. The van der Waals surface area contributed by atoms with Crippen LogP contribution in [0.4, 0.5) is 0 Å². The van der Waals surface area contributed by atoms with Crippen LogP contribution in [0.1, 0.15) is 58.2 Å². The predicted molar refractivity (Wildman–Crippen MR) is 71.4 cm³/mol. The van der Waals surface area contributed by atoms with Gasteiger partial charge in [0, 0.05) is 5.56 Å². The molecule has 1 rings (SSSR count). The summed E-state index contributed by atoms with van der Waals surface area (Å²) in [5.41, 5.74) is 1.51. The van der Waals surface area contributed by atoms with E-state index < -0.39 is 5.60 Å². The Balaban J connectivity index is 3.53. The van der Waals surface area contributed by atoms with Crippen molar-refractivity contribution < 1.29 is 10.2 Å². The average Bonchev–Trinajstić information content (AvgIpc) is 2.14. The van der Waals surface area contributed by atoms with Crippen LogP contribution in [0.3, 0.4) is 0 Å². The monoisotopic (exact) mass is 236 g/mol. The normalized spacial score (nSPS) is 12.9. The molecule has 1 aromatic carbocycles. The number of phenols is 1. The number of hydrogen-bond acceptors (Lipinski definition) is 2. The summed E-state index contributed by atoms with van der Waals surface area (Å²) in [6.07, 6.45) is 0.895. The molecule has 0 radical (unpaired) electrons. The average molecular weight is 236 g/mol. The number of hydrogen-bond donors (Lipinski definition) is 2. The van der Waals surface area contributed by atoms with Crippen LogP contribution in [-0.2, 0) is 17.4 Å². The maximum absolute atomic E-state index is 10.3. The molecule has 0 aliphatic heterocycles. The van der Waals surface area contributed by atoms with Crippen molar-refractivity contribution in [3.8, 4) is 5.75 Å². The Labute approximate surface area is 104 Å². The van der Waals surface area contributed by atoms with Gasteiger partial charge in [0.05, 0.1) is 5.60 Å². The van der Waals surface area contributed by atoms with Crippen LogP contribution < -0.4 is 0 Å². The number of aryl methyl sites for hydroxylation is 1. The molecule has 0 aliphatic carbocycles. The van der Waals surface area contributed by atoms with Gasteiger partial charge in [0.1, 0.15) is 5.75 Å². The summed E-state index contributed by atoms with van der Waals surface area (Å²) in [5.74, 6) is 0.224. The highest BCUT2D eigenvalue weighted by atomic mass is 16.3. The van der Waals surface area contributed by atoms with Gasteiger partial charge in [-0.3, -0.25) is 0 Å². The minimum absolute atomic E-state index is 0.130. The van der Waals surface area contributed by atoms with E-state index in [0.717, 1.165) is 17.5 Å². The molecular weight excluding hydrogens is 212 g/mol. The Morgan fingerprint density at radius 2 is 1.47 bits per heavy atom. The molecule has 0 heterocycles. The minimum Gasteiger partial charge on any atom is -0.507 e. The second-order valence-corrected chi connectivity index (χ2v) is 6.20. The van der Waals surface area contributed by atoms with Gasteiger partial charge in [-0.2, -0.15) is 0 Å². The van der Waals surface area contributed by atoms with Crippen LogP contribution >= 0.6 is 0 Å². The fraction of sp³-hybridized carbons (Fsp3) is 0.600. The van der Waals surface area contributed by atoms with Gasteiger partial charge in [0.2, 0.25) is 0 Å². The van der Waals surface area contributed by atoms with Gasteiger partial charge in [0.25, 0.3) is 0 Å². The van der Waals surface area contributed by atoms with Gasteiger partial charge in [0.15, 0.2) is 0 Å². The first-order chi connectivity index (χ1) is 7.57. The molecule has 2 N–H and O–H groups in total. The van der Waals surface area contributed by atoms with Crippen molar-refractivity contribution in [2.24, 2.45) is 0 Å².